The van der Waals surface area contributed by atoms with Crippen LogP contribution in [0.2, 0.25) is 0 Å². The third kappa shape index (κ3) is 3.75. The van der Waals surface area contributed by atoms with Crippen molar-refractivity contribution in [2.45, 2.75) is 26.3 Å². The summed E-state index contributed by atoms with van der Waals surface area (Å²) in [5, 5.41) is 0. The van der Waals surface area contributed by atoms with Crippen molar-refractivity contribution >= 4 is 0 Å². The molecule has 0 aliphatic heterocycles. The number of hydrogen-bond donors (Lipinski definition) is 1. The fourth-order valence-corrected chi connectivity index (χ4v) is 1.65. The highest BCUT2D eigenvalue weighted by molar-refractivity contribution is 5.44. The number of nitrogens with two attached hydrogens (primary N) is 1. The number of benzene rings is 1. The van der Waals surface area contributed by atoms with Crippen LogP contribution in [0.1, 0.15) is 31.0 Å². The molecule has 1 aromatic carbocycles. The fraction of sp³-hybridized carbons (Fsp3) is 0.333. The summed E-state index contributed by atoms with van der Waals surface area (Å²) in [5.41, 5.74) is 9.11. The average molecular weight is 231 g/mol. The van der Waals surface area contributed by atoms with Crippen LogP contribution in [0.15, 0.2) is 43.0 Å². The van der Waals surface area contributed by atoms with Gasteiger partial charge >= 0.3 is 0 Å². The van der Waals surface area contributed by atoms with Gasteiger partial charge in [0.2, 0.25) is 0 Å². The second-order valence-corrected chi connectivity index (χ2v) is 4.36. The average Bonchev–Trinajstić information content (AvgIpc) is 2.27. The molecule has 1 rings (SSSR count). The summed E-state index contributed by atoms with van der Waals surface area (Å²) in [7, 11) is 0. The molecule has 2 heteroatoms. The lowest BCUT2D eigenvalue weighted by molar-refractivity contribution is 0.343. The maximum Gasteiger partial charge on any atom is 0.128 e. The van der Waals surface area contributed by atoms with Crippen molar-refractivity contribution in [3.8, 4) is 5.75 Å². The molecule has 0 amide bonds. The van der Waals surface area contributed by atoms with Crippen molar-refractivity contribution in [3.05, 3.63) is 54.1 Å². The number of hydrogen-bond acceptors (Lipinski definition) is 2. The molecule has 2 N–H and O–H groups in total. The molecule has 0 heterocycles. The lowest BCUT2D eigenvalue weighted by Crippen LogP contribution is -2.10. The third-order valence-electron chi connectivity index (χ3n) is 2.44. The second kappa shape index (κ2) is 6.26. The van der Waals surface area contributed by atoms with E-state index in [0.717, 1.165) is 28.9 Å². The minimum atomic E-state index is -0.0418. The molecule has 0 fully saturated rings. The van der Waals surface area contributed by atoms with Crippen LogP contribution in [-0.4, -0.2) is 6.61 Å². The maximum atomic E-state index is 5.96. The Labute approximate surface area is 104 Å². The van der Waals surface area contributed by atoms with E-state index in [1.54, 1.807) is 0 Å². The quantitative estimate of drug-likeness (QED) is 0.762. The molecule has 0 aliphatic carbocycles. The van der Waals surface area contributed by atoms with E-state index in [-0.39, 0.29) is 6.04 Å². The summed E-state index contributed by atoms with van der Waals surface area (Å²) in [6.45, 7) is 12.0. The highest BCUT2D eigenvalue weighted by atomic mass is 16.5. The van der Waals surface area contributed by atoms with Gasteiger partial charge in [0.05, 0.1) is 0 Å². The summed E-state index contributed by atoms with van der Waals surface area (Å²) < 4.78 is 5.82. The van der Waals surface area contributed by atoms with Crippen LogP contribution in [0.25, 0.3) is 0 Å². The largest absolute Gasteiger partial charge is 0.489 e. The summed E-state index contributed by atoms with van der Waals surface area (Å²) >= 11 is 0. The molecule has 0 bridgehead atoms. The van der Waals surface area contributed by atoms with Crippen LogP contribution in [0.3, 0.4) is 0 Å². The summed E-state index contributed by atoms with van der Waals surface area (Å²) in [5.74, 6) is 0.880. The second-order valence-electron chi connectivity index (χ2n) is 4.36. The first-order valence-electron chi connectivity index (χ1n) is 5.81. The lowest BCUT2D eigenvalue weighted by Gasteiger charge is -2.17. The van der Waals surface area contributed by atoms with Gasteiger partial charge in [0.25, 0.3) is 0 Å². The molecule has 2 nitrogen and oxygen atoms in total. The van der Waals surface area contributed by atoms with Gasteiger partial charge < -0.3 is 10.5 Å². The van der Waals surface area contributed by atoms with Crippen LogP contribution >= 0.6 is 0 Å². The smallest absolute Gasteiger partial charge is 0.128 e. The van der Waals surface area contributed by atoms with E-state index in [9.17, 15) is 0 Å². The molecule has 1 aromatic rings. The van der Waals surface area contributed by atoms with E-state index in [1.165, 1.54) is 0 Å². The van der Waals surface area contributed by atoms with Gasteiger partial charge in [-0.05, 0) is 31.4 Å². The Bertz CT molecular complexity index is 407. The van der Waals surface area contributed by atoms with Gasteiger partial charge in [-0.3, -0.25) is 0 Å². The zero-order valence-corrected chi connectivity index (χ0v) is 10.7. The van der Waals surface area contributed by atoms with Gasteiger partial charge in [0, 0.05) is 11.6 Å². The molecule has 1 atom stereocenters. The van der Waals surface area contributed by atoms with Gasteiger partial charge in [0.15, 0.2) is 0 Å². The Balaban J connectivity index is 3.08. The fourth-order valence-electron chi connectivity index (χ4n) is 1.65. The molecule has 0 aliphatic rings. The maximum absolute atomic E-state index is 5.96. The van der Waals surface area contributed by atoms with Crippen LogP contribution in [0.4, 0.5) is 0 Å². The Hall–Kier alpha value is -1.54. The summed E-state index contributed by atoms with van der Waals surface area (Å²) in [4.78, 5) is 0. The highest BCUT2D eigenvalue weighted by Crippen LogP contribution is 2.29. The monoisotopic (exact) mass is 231 g/mol. The van der Waals surface area contributed by atoms with E-state index in [1.807, 2.05) is 38.1 Å². The van der Waals surface area contributed by atoms with E-state index < -0.39 is 0 Å². The molecule has 0 aromatic heterocycles. The van der Waals surface area contributed by atoms with Crippen molar-refractivity contribution in [2.24, 2.45) is 5.73 Å². The predicted molar refractivity (Wildman–Crippen MR) is 73.3 cm³/mol. The molecule has 0 saturated heterocycles. The zero-order chi connectivity index (χ0) is 12.8. The van der Waals surface area contributed by atoms with Crippen LogP contribution < -0.4 is 10.5 Å². The van der Waals surface area contributed by atoms with Crippen LogP contribution in [0.5, 0.6) is 5.75 Å². The third-order valence-corrected chi connectivity index (χ3v) is 2.44. The molecule has 92 valence electrons. The Morgan fingerprint density at radius 3 is 2.76 bits per heavy atom. The first kappa shape index (κ1) is 13.5. The Kier molecular flexibility index (Phi) is 4.98. The number of rotatable bonds is 6. The van der Waals surface area contributed by atoms with E-state index in [0.29, 0.717) is 6.61 Å². The lowest BCUT2D eigenvalue weighted by atomic mass is 10.0. The molecule has 0 spiro atoms. The van der Waals surface area contributed by atoms with Crippen LogP contribution in [0, 0.1) is 0 Å². The van der Waals surface area contributed by atoms with Crippen molar-refractivity contribution in [3.63, 3.8) is 0 Å². The Morgan fingerprint density at radius 1 is 1.53 bits per heavy atom. The summed E-state index contributed by atoms with van der Waals surface area (Å²) in [6.07, 6.45) is 2.65. The predicted octanol–water partition coefficient (Wildman–Crippen LogP) is 3.39. The molecule has 0 saturated carbocycles. The van der Waals surface area contributed by atoms with E-state index in [2.05, 4.69) is 13.2 Å². The number of ether oxygens (including phenoxy) is 1. The van der Waals surface area contributed by atoms with Gasteiger partial charge in [-0.1, -0.05) is 30.9 Å². The SMILES string of the molecule is C=CCc1cccc(C(C)N)c1OCC(=C)C. The van der Waals surface area contributed by atoms with Crippen LogP contribution in [-0.2, 0) is 6.42 Å². The molecule has 1 unspecified atom stereocenters. The minimum Gasteiger partial charge on any atom is -0.489 e. The first-order valence-corrected chi connectivity index (χ1v) is 5.81. The van der Waals surface area contributed by atoms with Gasteiger partial charge in [0.1, 0.15) is 12.4 Å². The van der Waals surface area contributed by atoms with Crippen molar-refractivity contribution in [2.75, 3.05) is 6.61 Å². The molecule has 0 radical (unpaired) electrons. The van der Waals surface area contributed by atoms with Gasteiger partial charge in [-0.25, -0.2) is 0 Å². The van der Waals surface area contributed by atoms with E-state index in [4.69, 9.17) is 10.5 Å². The minimum absolute atomic E-state index is 0.0418. The number of allylic oxidation sites excluding steroid dienone is 1. The molecule has 17 heavy (non-hydrogen) atoms. The van der Waals surface area contributed by atoms with Crippen molar-refractivity contribution < 1.29 is 4.74 Å². The normalized spacial score (nSPS) is 11.9. The summed E-state index contributed by atoms with van der Waals surface area (Å²) in [6, 6.07) is 6.01. The van der Waals surface area contributed by atoms with Crippen molar-refractivity contribution in [1.29, 1.82) is 0 Å². The van der Waals surface area contributed by atoms with E-state index >= 15 is 0 Å². The van der Waals surface area contributed by atoms with Crippen molar-refractivity contribution in [1.82, 2.24) is 0 Å². The Morgan fingerprint density at radius 2 is 2.24 bits per heavy atom. The van der Waals surface area contributed by atoms with Gasteiger partial charge in [-0.15, -0.1) is 6.58 Å². The first-order chi connectivity index (χ1) is 8.06. The number of para-hydroxylation sites is 1. The standard InChI is InChI=1S/C15H21NO/c1-5-7-13-8-6-9-14(12(4)16)15(13)17-10-11(2)3/h5-6,8-9,12H,1-2,7,10,16H2,3-4H3. The van der Waals surface area contributed by atoms with Gasteiger partial charge in [-0.2, -0.15) is 0 Å². The highest BCUT2D eigenvalue weighted by Gasteiger charge is 2.12. The molecular formula is C15H21NO. The topological polar surface area (TPSA) is 35.2 Å². The zero-order valence-electron chi connectivity index (χ0n) is 10.7. The molecular weight excluding hydrogens is 210 g/mol.